The van der Waals surface area contributed by atoms with Crippen molar-refractivity contribution in [2.45, 2.75) is 45.1 Å². The van der Waals surface area contributed by atoms with Crippen molar-refractivity contribution in [2.75, 3.05) is 0 Å². The normalized spacial score (nSPS) is 17.8. The van der Waals surface area contributed by atoms with Crippen LogP contribution in [0.15, 0.2) is 10.6 Å². The summed E-state index contributed by atoms with van der Waals surface area (Å²) in [4.78, 5) is 23.1. The van der Waals surface area contributed by atoms with E-state index in [0.717, 1.165) is 18.5 Å². The Morgan fingerprint density at radius 1 is 1.58 bits per heavy atom. The van der Waals surface area contributed by atoms with Crippen molar-refractivity contribution in [3.8, 4) is 0 Å². The van der Waals surface area contributed by atoms with Gasteiger partial charge >= 0.3 is 5.97 Å². The number of carboxylic acids is 1. The second-order valence-electron chi connectivity index (χ2n) is 5.07. The van der Waals surface area contributed by atoms with Gasteiger partial charge in [0.2, 0.25) is 5.76 Å². The molecule has 2 N–H and O–H groups in total. The van der Waals surface area contributed by atoms with Crippen LogP contribution < -0.4 is 5.32 Å². The molecule has 0 aromatic carbocycles. The highest BCUT2D eigenvalue weighted by Gasteiger charge is 2.30. The van der Waals surface area contributed by atoms with Gasteiger partial charge in [0.15, 0.2) is 0 Å². The van der Waals surface area contributed by atoms with Crippen molar-refractivity contribution in [1.82, 2.24) is 10.5 Å². The first-order valence-electron chi connectivity index (χ1n) is 6.53. The molecule has 6 nitrogen and oxygen atoms in total. The van der Waals surface area contributed by atoms with Crippen LogP contribution in [0.25, 0.3) is 0 Å². The Balaban J connectivity index is 2.03. The number of nitrogens with one attached hydrogen (secondary N) is 1. The number of carbonyl (C=O) groups is 2. The van der Waals surface area contributed by atoms with E-state index in [1.54, 1.807) is 13.0 Å². The van der Waals surface area contributed by atoms with E-state index in [-0.39, 0.29) is 11.7 Å². The lowest BCUT2D eigenvalue weighted by atomic mass is 9.99. The monoisotopic (exact) mass is 266 g/mol. The fourth-order valence-electron chi connectivity index (χ4n) is 1.86. The van der Waals surface area contributed by atoms with Crippen LogP contribution in [0.1, 0.15) is 55.3 Å². The Hall–Kier alpha value is -1.85. The number of rotatable bonds is 6. The van der Waals surface area contributed by atoms with Gasteiger partial charge in [-0.3, -0.25) is 4.79 Å². The largest absolute Gasteiger partial charge is 0.480 e. The minimum Gasteiger partial charge on any atom is -0.480 e. The number of aliphatic carboxylic acids is 1. The van der Waals surface area contributed by atoms with E-state index in [1.807, 2.05) is 6.92 Å². The van der Waals surface area contributed by atoms with E-state index < -0.39 is 17.9 Å². The first kappa shape index (κ1) is 13.6. The molecule has 1 aliphatic carbocycles. The van der Waals surface area contributed by atoms with Gasteiger partial charge in [-0.05, 0) is 18.8 Å². The van der Waals surface area contributed by atoms with Gasteiger partial charge in [0.1, 0.15) is 6.04 Å². The number of carboxylic acid groups (broad SMARTS) is 1. The third-order valence-electron chi connectivity index (χ3n) is 3.51. The summed E-state index contributed by atoms with van der Waals surface area (Å²) in [5, 5.41) is 15.4. The number of nitrogens with zero attached hydrogens (tertiary/aromatic N) is 1. The van der Waals surface area contributed by atoms with E-state index >= 15 is 0 Å². The molecular weight excluding hydrogens is 248 g/mol. The van der Waals surface area contributed by atoms with Crippen molar-refractivity contribution in [3.63, 3.8) is 0 Å². The SMILES string of the molecule is CCC(C)C(NC(=O)c1cc(C2CC2)no1)C(=O)O. The van der Waals surface area contributed by atoms with Crippen molar-refractivity contribution in [3.05, 3.63) is 17.5 Å². The van der Waals surface area contributed by atoms with E-state index in [4.69, 9.17) is 9.63 Å². The molecule has 0 aliphatic heterocycles. The summed E-state index contributed by atoms with van der Waals surface area (Å²) in [6, 6.07) is 0.690. The number of hydrogen-bond donors (Lipinski definition) is 2. The molecule has 1 aromatic heterocycles. The summed E-state index contributed by atoms with van der Waals surface area (Å²) >= 11 is 0. The quantitative estimate of drug-likeness (QED) is 0.818. The standard InChI is InChI=1S/C13H18N2O4/c1-3-7(2)11(13(17)18)14-12(16)10-6-9(15-19-10)8-4-5-8/h6-8,11H,3-5H2,1-2H3,(H,14,16)(H,17,18). The molecule has 104 valence electrons. The van der Waals surface area contributed by atoms with Gasteiger partial charge < -0.3 is 14.9 Å². The van der Waals surface area contributed by atoms with Crippen molar-refractivity contribution in [1.29, 1.82) is 0 Å². The zero-order valence-corrected chi connectivity index (χ0v) is 11.0. The third kappa shape index (κ3) is 3.13. The van der Waals surface area contributed by atoms with E-state index in [1.165, 1.54) is 0 Å². The molecule has 0 bridgehead atoms. The fraction of sp³-hybridized carbons (Fsp3) is 0.615. The maximum atomic E-state index is 11.9. The summed E-state index contributed by atoms with van der Waals surface area (Å²) in [6.45, 7) is 3.67. The van der Waals surface area contributed by atoms with Gasteiger partial charge in [0.05, 0.1) is 5.69 Å². The van der Waals surface area contributed by atoms with Crippen molar-refractivity contribution < 1.29 is 19.2 Å². The minimum absolute atomic E-state index is 0.0800. The molecule has 0 spiro atoms. The molecule has 19 heavy (non-hydrogen) atoms. The molecule has 1 saturated carbocycles. The lowest BCUT2D eigenvalue weighted by Crippen LogP contribution is -2.44. The maximum Gasteiger partial charge on any atom is 0.326 e. The molecule has 1 amide bonds. The highest BCUT2D eigenvalue weighted by Crippen LogP contribution is 2.39. The number of carbonyl (C=O) groups excluding carboxylic acids is 1. The summed E-state index contributed by atoms with van der Waals surface area (Å²) in [6.07, 6.45) is 2.80. The highest BCUT2D eigenvalue weighted by atomic mass is 16.5. The van der Waals surface area contributed by atoms with Crippen LogP contribution in [-0.4, -0.2) is 28.2 Å². The van der Waals surface area contributed by atoms with E-state index in [2.05, 4.69) is 10.5 Å². The molecule has 2 atom stereocenters. The van der Waals surface area contributed by atoms with Gasteiger partial charge in [-0.1, -0.05) is 25.4 Å². The minimum atomic E-state index is -1.04. The Kier molecular flexibility index (Phi) is 3.87. The Morgan fingerprint density at radius 2 is 2.26 bits per heavy atom. The molecule has 2 unspecified atom stereocenters. The zero-order valence-electron chi connectivity index (χ0n) is 11.0. The van der Waals surface area contributed by atoms with Crippen LogP contribution in [0.3, 0.4) is 0 Å². The van der Waals surface area contributed by atoms with Crippen LogP contribution >= 0.6 is 0 Å². The lowest BCUT2D eigenvalue weighted by Gasteiger charge is -2.19. The average Bonchev–Trinajstić information content (AvgIpc) is 3.12. The van der Waals surface area contributed by atoms with E-state index in [9.17, 15) is 9.59 Å². The second kappa shape index (κ2) is 5.42. The smallest absolute Gasteiger partial charge is 0.326 e. The van der Waals surface area contributed by atoms with Crippen LogP contribution in [0.5, 0.6) is 0 Å². The summed E-state index contributed by atoms with van der Waals surface area (Å²) in [5.41, 5.74) is 0.778. The molecular formula is C13H18N2O4. The number of amides is 1. The van der Waals surface area contributed by atoms with Crippen molar-refractivity contribution in [2.24, 2.45) is 5.92 Å². The third-order valence-corrected chi connectivity index (χ3v) is 3.51. The fourth-order valence-corrected chi connectivity index (χ4v) is 1.86. The first-order chi connectivity index (χ1) is 9.02. The van der Waals surface area contributed by atoms with Crippen LogP contribution in [0.2, 0.25) is 0 Å². The summed E-state index contributed by atoms with van der Waals surface area (Å²) < 4.78 is 4.97. The van der Waals surface area contributed by atoms with Gasteiger partial charge in [0.25, 0.3) is 5.91 Å². The maximum absolute atomic E-state index is 11.9. The molecule has 0 radical (unpaired) electrons. The van der Waals surface area contributed by atoms with Gasteiger partial charge in [0, 0.05) is 12.0 Å². The van der Waals surface area contributed by atoms with Crippen molar-refractivity contribution >= 4 is 11.9 Å². The molecule has 1 fully saturated rings. The zero-order chi connectivity index (χ0) is 14.0. The van der Waals surface area contributed by atoms with Gasteiger partial charge in [-0.2, -0.15) is 0 Å². The van der Waals surface area contributed by atoms with Crippen LogP contribution in [0, 0.1) is 5.92 Å². The topological polar surface area (TPSA) is 92.4 Å². The molecule has 2 rings (SSSR count). The predicted octanol–water partition coefficient (Wildman–Crippen LogP) is 1.78. The summed E-state index contributed by atoms with van der Waals surface area (Å²) in [7, 11) is 0. The number of hydrogen-bond acceptors (Lipinski definition) is 4. The molecule has 6 heteroatoms. The Labute approximate surface area is 111 Å². The van der Waals surface area contributed by atoms with E-state index in [0.29, 0.717) is 12.3 Å². The van der Waals surface area contributed by atoms with Gasteiger partial charge in [-0.15, -0.1) is 0 Å². The average molecular weight is 266 g/mol. The number of aromatic nitrogens is 1. The van der Waals surface area contributed by atoms with Crippen LogP contribution in [0.4, 0.5) is 0 Å². The first-order valence-corrected chi connectivity index (χ1v) is 6.53. The Morgan fingerprint density at radius 3 is 2.79 bits per heavy atom. The van der Waals surface area contributed by atoms with Crippen LogP contribution in [-0.2, 0) is 4.79 Å². The highest BCUT2D eigenvalue weighted by molar-refractivity contribution is 5.94. The van der Waals surface area contributed by atoms with Gasteiger partial charge in [-0.25, -0.2) is 4.79 Å². The Bertz CT molecular complexity index is 479. The second-order valence-corrected chi connectivity index (χ2v) is 5.07. The molecule has 0 saturated heterocycles. The lowest BCUT2D eigenvalue weighted by molar-refractivity contribution is -0.140. The molecule has 1 aliphatic rings. The predicted molar refractivity (Wildman–Crippen MR) is 66.8 cm³/mol. The molecule has 1 heterocycles. The summed E-state index contributed by atoms with van der Waals surface area (Å²) in [5.74, 6) is -1.23. The molecule has 1 aromatic rings.